The van der Waals surface area contributed by atoms with Gasteiger partial charge in [0.25, 0.3) is 0 Å². The maximum absolute atomic E-state index is 6.06. The van der Waals surface area contributed by atoms with Crippen LogP contribution in [0.3, 0.4) is 0 Å². The average molecular weight is 599 g/mol. The highest BCUT2D eigenvalue weighted by Gasteiger charge is 2.47. The smallest absolute Gasteiger partial charge is 0.374 e. The van der Waals surface area contributed by atoms with Crippen LogP contribution in [-0.4, -0.2) is 89.2 Å². The first-order valence-electron chi connectivity index (χ1n) is 11.8. The van der Waals surface area contributed by atoms with Crippen molar-refractivity contribution in [3.63, 3.8) is 0 Å². The normalized spacial score (nSPS) is 14.8. The summed E-state index contributed by atoms with van der Waals surface area (Å²) in [5.74, 6) is 2.18. The molecule has 0 amide bonds. The van der Waals surface area contributed by atoms with Crippen molar-refractivity contribution >= 4 is 79.3 Å². The number of hydrogen-bond acceptors (Lipinski definition) is 10. The summed E-state index contributed by atoms with van der Waals surface area (Å²) >= 11 is 0. The van der Waals surface area contributed by atoms with Crippen molar-refractivity contribution in [3.05, 3.63) is 0 Å². The molecule has 0 aliphatic heterocycles. The van der Waals surface area contributed by atoms with Gasteiger partial charge in [-0.05, 0) is 74.0 Å². The van der Waals surface area contributed by atoms with Crippen LogP contribution in [0.1, 0.15) is 54.4 Å². The van der Waals surface area contributed by atoms with Gasteiger partial charge in [-0.25, -0.2) is 0 Å². The van der Waals surface area contributed by atoms with E-state index in [1.54, 1.807) is 0 Å². The van der Waals surface area contributed by atoms with Crippen LogP contribution in [0.4, 0.5) is 0 Å². The number of hydrogen-bond donors (Lipinski definition) is 0. The molecule has 0 aromatic carbocycles. The second-order valence-electron chi connectivity index (χ2n) is 6.96. The Hall–Kier alpha value is 2.03. The minimum atomic E-state index is -2.53. The standard InChI is InChI=1S/C18H46O6S4Si4/c1-7-19-31(20-8-2,21-9-3)17(29)13-15-25-27-28-26-16-14-18(30)32(22-10-4,23-11-5)24-12-6/h17-18H,7-16H2,1-6,29-30H3. The minimum absolute atomic E-state index is 0.438. The van der Waals surface area contributed by atoms with Gasteiger partial charge >= 0.3 is 17.6 Å². The molecular weight excluding hydrogens is 553 g/mol. The van der Waals surface area contributed by atoms with Crippen molar-refractivity contribution in [1.82, 2.24) is 0 Å². The molecule has 0 saturated heterocycles. The van der Waals surface area contributed by atoms with E-state index in [1.165, 1.54) is 0 Å². The Morgan fingerprint density at radius 3 is 1.00 bits per heavy atom. The molecule has 0 aromatic heterocycles. The van der Waals surface area contributed by atoms with Crippen LogP contribution in [0.2, 0.25) is 10.3 Å². The van der Waals surface area contributed by atoms with Gasteiger partial charge in [0, 0.05) is 82.0 Å². The third-order valence-electron chi connectivity index (χ3n) is 4.67. The van der Waals surface area contributed by atoms with Crippen LogP contribution in [-0.2, 0) is 26.6 Å². The maximum atomic E-state index is 6.06. The monoisotopic (exact) mass is 598 g/mol. The van der Waals surface area contributed by atoms with E-state index in [-0.39, 0.29) is 0 Å². The summed E-state index contributed by atoms with van der Waals surface area (Å²) < 4.78 is 36.4. The molecule has 2 atom stereocenters. The van der Waals surface area contributed by atoms with Gasteiger partial charge in [0.1, 0.15) is 0 Å². The molecule has 0 radical (unpaired) electrons. The molecule has 0 spiro atoms. The highest BCUT2D eigenvalue weighted by molar-refractivity contribution is 9.26. The Bertz CT molecular complexity index is 376. The van der Waals surface area contributed by atoms with E-state index in [1.807, 2.05) is 82.8 Å². The molecule has 14 heteroatoms. The predicted octanol–water partition coefficient (Wildman–Crippen LogP) is 3.93. The van der Waals surface area contributed by atoms with Crippen molar-refractivity contribution < 1.29 is 26.6 Å². The Morgan fingerprint density at radius 2 is 0.781 bits per heavy atom. The van der Waals surface area contributed by atoms with Gasteiger partial charge in [-0.2, -0.15) is 0 Å². The van der Waals surface area contributed by atoms with Crippen LogP contribution < -0.4 is 0 Å². The summed E-state index contributed by atoms with van der Waals surface area (Å²) in [7, 11) is 4.57. The molecular formula is C18H46O6S4Si4. The third-order valence-corrected chi connectivity index (χ3v) is 23.7. The molecule has 0 aliphatic rings. The lowest BCUT2D eigenvalue weighted by atomic mass is 10.6. The first-order valence-corrected chi connectivity index (χ1v) is 22.9. The second kappa shape index (κ2) is 21.1. The second-order valence-corrected chi connectivity index (χ2v) is 24.4. The SMILES string of the molecule is CCO[Si](OCC)(OCC)C([SiH3])CCSSSSCCC([SiH3])[Si](OCC)(OCC)OCC. The lowest BCUT2D eigenvalue weighted by Gasteiger charge is -2.33. The Morgan fingerprint density at radius 1 is 0.531 bits per heavy atom. The Labute approximate surface area is 220 Å². The third kappa shape index (κ3) is 12.8. The van der Waals surface area contributed by atoms with Crippen LogP contribution >= 0.6 is 41.2 Å². The molecule has 0 aromatic rings. The predicted molar refractivity (Wildman–Crippen MR) is 158 cm³/mol. The number of rotatable bonds is 23. The van der Waals surface area contributed by atoms with Gasteiger partial charge in [-0.15, -0.1) is 0 Å². The van der Waals surface area contributed by atoms with Crippen LogP contribution in [0.5, 0.6) is 0 Å². The van der Waals surface area contributed by atoms with E-state index in [9.17, 15) is 0 Å². The fraction of sp³-hybridized carbons (Fsp3) is 1.00. The van der Waals surface area contributed by atoms with E-state index in [0.717, 1.165) is 44.8 Å². The van der Waals surface area contributed by atoms with Gasteiger partial charge in [0.2, 0.25) is 0 Å². The Balaban J connectivity index is 4.28. The lowest BCUT2D eigenvalue weighted by molar-refractivity contribution is 0.0670. The fourth-order valence-electron chi connectivity index (χ4n) is 3.22. The first kappa shape index (κ1) is 34.0. The van der Waals surface area contributed by atoms with E-state index in [2.05, 4.69) is 0 Å². The zero-order valence-electron chi connectivity index (χ0n) is 21.3. The molecule has 0 bridgehead atoms. The highest BCUT2D eigenvalue weighted by Crippen LogP contribution is 2.45. The zero-order valence-corrected chi connectivity index (χ0v) is 30.6. The first-order chi connectivity index (χ1) is 15.4. The van der Waals surface area contributed by atoms with Crippen LogP contribution in [0, 0.1) is 0 Å². The molecule has 32 heavy (non-hydrogen) atoms. The highest BCUT2D eigenvalue weighted by atomic mass is 33.7. The lowest BCUT2D eigenvalue weighted by Crippen LogP contribution is -2.50. The van der Waals surface area contributed by atoms with Crippen molar-refractivity contribution in [2.24, 2.45) is 0 Å². The van der Waals surface area contributed by atoms with Gasteiger partial charge in [0.05, 0.1) is 0 Å². The van der Waals surface area contributed by atoms with E-state index < -0.39 is 17.6 Å². The van der Waals surface area contributed by atoms with E-state index >= 15 is 0 Å². The summed E-state index contributed by atoms with van der Waals surface area (Å²) in [5.41, 5.74) is 0. The summed E-state index contributed by atoms with van der Waals surface area (Å²) in [4.78, 5) is 0. The van der Waals surface area contributed by atoms with Crippen molar-refractivity contribution in [2.75, 3.05) is 51.1 Å². The fourth-order valence-corrected chi connectivity index (χ4v) is 20.1. The van der Waals surface area contributed by atoms with Crippen molar-refractivity contribution in [1.29, 1.82) is 0 Å². The summed E-state index contributed by atoms with van der Waals surface area (Å²) in [6.07, 6.45) is 2.18. The largest absolute Gasteiger partial charge is 0.500 e. The molecule has 0 saturated carbocycles. The van der Waals surface area contributed by atoms with Crippen LogP contribution in [0.15, 0.2) is 0 Å². The molecule has 6 nitrogen and oxygen atoms in total. The van der Waals surface area contributed by atoms with E-state index in [0.29, 0.717) is 50.0 Å². The summed E-state index contributed by atoms with van der Waals surface area (Å²) in [6.45, 7) is 16.1. The van der Waals surface area contributed by atoms with Crippen molar-refractivity contribution in [3.8, 4) is 0 Å². The van der Waals surface area contributed by atoms with Gasteiger partial charge in [-0.1, -0.05) is 21.6 Å². The summed E-state index contributed by atoms with van der Waals surface area (Å²) in [6, 6.07) is 0. The quantitative estimate of drug-likeness (QED) is 0.0982. The van der Waals surface area contributed by atoms with Crippen LogP contribution in [0.25, 0.3) is 0 Å². The minimum Gasteiger partial charge on any atom is -0.374 e. The molecule has 0 rings (SSSR count). The molecule has 0 N–H and O–H groups in total. The average Bonchev–Trinajstić information content (AvgIpc) is 2.76. The zero-order chi connectivity index (χ0) is 24.3. The Kier molecular flexibility index (Phi) is 22.5. The molecule has 0 fully saturated rings. The molecule has 194 valence electrons. The van der Waals surface area contributed by atoms with Gasteiger partial charge in [-0.3, -0.25) is 0 Å². The topological polar surface area (TPSA) is 55.4 Å². The molecule has 2 unspecified atom stereocenters. The van der Waals surface area contributed by atoms with Gasteiger partial charge in [0.15, 0.2) is 0 Å². The maximum Gasteiger partial charge on any atom is 0.500 e. The van der Waals surface area contributed by atoms with Gasteiger partial charge < -0.3 is 26.6 Å². The molecule has 0 aliphatic carbocycles. The summed E-state index contributed by atoms with van der Waals surface area (Å²) in [5, 5.41) is 0.875. The molecule has 0 heterocycles. The van der Waals surface area contributed by atoms with Crippen molar-refractivity contribution in [2.45, 2.75) is 64.7 Å². The van der Waals surface area contributed by atoms with E-state index in [4.69, 9.17) is 26.6 Å².